The Morgan fingerprint density at radius 3 is 0.627 bits per heavy atom. The van der Waals surface area contributed by atoms with Crippen molar-refractivity contribution in [2.24, 2.45) is 0 Å². The molecule has 0 rings (SSSR count). The predicted octanol–water partition coefficient (Wildman–Crippen LogP) is 19.3. The zero-order chi connectivity index (χ0) is 40.9. The SMILES string of the molecule is C.C.C.C.C.C.C.C.C.C.C.C.C.C.C.C.C.C.CC(C)O.CC(C)O.CCC.CCC.CCC.CCC(C)OC.CCCOC.COCC(COC)OC.COCC(COCC(C)O)OC. The highest BCUT2D eigenvalue weighted by atomic mass is 16.6. The van der Waals surface area contributed by atoms with Crippen molar-refractivity contribution in [3.05, 3.63) is 0 Å². The van der Waals surface area contributed by atoms with Crippen LogP contribution in [0.3, 0.4) is 0 Å². The fourth-order valence-electron chi connectivity index (χ4n) is 1.67. The van der Waals surface area contributed by atoms with Crippen LogP contribution in [0.25, 0.3) is 0 Å². The second-order valence-corrected chi connectivity index (χ2v) is 11.2. The Kier molecular flexibility index (Phi) is 558. The molecular weight excluding hydrogens is 849 g/mol. The Hall–Kier alpha value is -0.440. The van der Waals surface area contributed by atoms with Gasteiger partial charge in [-0.1, -0.05) is 208 Å². The second-order valence-electron chi connectivity index (χ2n) is 11.2. The topological polar surface area (TPSA) is 135 Å². The van der Waals surface area contributed by atoms with Crippen LogP contribution in [-0.4, -0.2) is 141 Å². The molecule has 11 nitrogen and oxygen atoms in total. The predicted molar refractivity (Wildman–Crippen MR) is 332 cm³/mol. The molecule has 0 spiro atoms. The molecule has 0 aromatic carbocycles. The van der Waals surface area contributed by atoms with Crippen molar-refractivity contribution in [3.8, 4) is 0 Å². The van der Waals surface area contributed by atoms with Crippen molar-refractivity contribution in [1.82, 2.24) is 0 Å². The van der Waals surface area contributed by atoms with Crippen LogP contribution in [0.4, 0.5) is 0 Å². The van der Waals surface area contributed by atoms with Crippen LogP contribution >= 0.6 is 0 Å². The van der Waals surface area contributed by atoms with Gasteiger partial charge >= 0.3 is 0 Å². The van der Waals surface area contributed by atoms with Crippen molar-refractivity contribution < 1.29 is 53.2 Å². The Labute approximate surface area is 440 Å². The van der Waals surface area contributed by atoms with Crippen LogP contribution in [0.1, 0.15) is 263 Å². The van der Waals surface area contributed by atoms with Crippen LogP contribution < -0.4 is 0 Å². The minimum atomic E-state index is -0.426. The van der Waals surface area contributed by atoms with E-state index >= 15 is 0 Å². The Morgan fingerprint density at radius 2 is 0.537 bits per heavy atom. The zero-order valence-corrected chi connectivity index (χ0v) is 36.8. The number of rotatable bonds is 16. The molecule has 0 aromatic rings. The summed E-state index contributed by atoms with van der Waals surface area (Å²) in [6.45, 7) is 30.9. The molecule has 0 aliphatic rings. The molecule has 0 radical (unpaired) electrons. The van der Waals surface area contributed by atoms with E-state index in [9.17, 15) is 0 Å². The molecule has 3 atom stereocenters. The molecule has 456 valence electrons. The summed E-state index contributed by atoms with van der Waals surface area (Å²) < 4.78 is 39.3. The Bertz CT molecular complexity index is 394. The molecule has 67 heavy (non-hydrogen) atoms. The van der Waals surface area contributed by atoms with E-state index < -0.39 is 6.10 Å². The van der Waals surface area contributed by atoms with E-state index in [2.05, 4.69) is 62.3 Å². The second kappa shape index (κ2) is 204. The maximum Gasteiger partial charge on any atom is 0.104 e. The highest BCUT2D eigenvalue weighted by molar-refractivity contribution is 4.54. The molecule has 0 aromatic heterocycles. The molecule has 0 heterocycles. The standard InChI is InChI=1S/C8H18O4.C6H14O3.C5H12O.C4H10O.2C3H8O.3C3H8.18CH4/c1-7(9)4-12-6-8(11-3)5-10-2;1-7-4-6(9-3)5-8-2;1-4-5(2)6-3;1-3-4-5-2;2*1-3(2)4;3*1-3-2;;;;;;;;;;;;;;;;;;/h7-9H,4-6H2,1-3H3;6H,4-5H2,1-3H3;5H,4H2,1-3H3;3-4H2,1-2H3;2*3-4H,1-2H3;3*3H2,1-2H3;18*1H4. The van der Waals surface area contributed by atoms with Crippen LogP contribution in [0.5, 0.6) is 0 Å². The monoisotopic (exact) mass is 1020 g/mol. The van der Waals surface area contributed by atoms with Crippen LogP contribution in [-0.2, 0) is 37.9 Å². The third-order valence-corrected chi connectivity index (χ3v) is 3.77. The van der Waals surface area contributed by atoms with Gasteiger partial charge in [0.05, 0.1) is 45.2 Å². The first kappa shape index (κ1) is 183. The first-order valence-electron chi connectivity index (χ1n) is 18.1. The van der Waals surface area contributed by atoms with Gasteiger partial charge in [0.2, 0.25) is 0 Å². The number of hydrogen-bond acceptors (Lipinski definition) is 11. The van der Waals surface area contributed by atoms with Crippen molar-refractivity contribution in [1.29, 1.82) is 0 Å². The lowest BCUT2D eigenvalue weighted by atomic mass is 10.3. The van der Waals surface area contributed by atoms with Gasteiger partial charge in [-0.05, 0) is 54.4 Å². The van der Waals surface area contributed by atoms with E-state index in [0.717, 1.165) is 19.4 Å². The number of aliphatic hydroxyl groups is 3. The van der Waals surface area contributed by atoms with E-state index in [4.69, 9.17) is 53.2 Å². The van der Waals surface area contributed by atoms with Gasteiger partial charge in [0.1, 0.15) is 12.2 Å². The molecule has 0 aliphatic heterocycles. The van der Waals surface area contributed by atoms with Crippen molar-refractivity contribution in [2.45, 2.75) is 299 Å². The molecule has 0 fully saturated rings. The quantitative estimate of drug-likeness (QED) is 0.136. The lowest BCUT2D eigenvalue weighted by Gasteiger charge is -2.14. The van der Waals surface area contributed by atoms with E-state index in [1.807, 2.05) is 0 Å². The summed E-state index contributed by atoms with van der Waals surface area (Å²) >= 11 is 0. The maximum absolute atomic E-state index is 8.87. The van der Waals surface area contributed by atoms with Crippen molar-refractivity contribution >= 4 is 0 Å². The lowest BCUT2D eigenvalue weighted by molar-refractivity contribution is -0.0461. The zero-order valence-electron chi connectivity index (χ0n) is 36.8. The van der Waals surface area contributed by atoms with Gasteiger partial charge in [0.25, 0.3) is 0 Å². The molecule has 0 aliphatic carbocycles. The minimum absolute atomic E-state index is 0. The van der Waals surface area contributed by atoms with Crippen LogP contribution in [0.2, 0.25) is 0 Å². The van der Waals surface area contributed by atoms with Gasteiger partial charge in [-0.3, -0.25) is 0 Å². The lowest BCUT2D eigenvalue weighted by Crippen LogP contribution is -2.25. The summed E-state index contributed by atoms with van der Waals surface area (Å²) in [5.41, 5.74) is 0. The third-order valence-electron chi connectivity index (χ3n) is 3.77. The molecule has 0 saturated heterocycles. The maximum atomic E-state index is 8.87. The van der Waals surface area contributed by atoms with E-state index in [1.54, 1.807) is 84.4 Å². The fourth-order valence-corrected chi connectivity index (χ4v) is 1.67. The molecular formula is C56H166O11. The van der Waals surface area contributed by atoms with Gasteiger partial charge in [-0.15, -0.1) is 0 Å². The summed E-state index contributed by atoms with van der Waals surface area (Å²) in [7, 11) is 11.6. The third kappa shape index (κ3) is 439. The van der Waals surface area contributed by atoms with Crippen LogP contribution in [0.15, 0.2) is 0 Å². The molecule has 0 amide bonds. The molecule has 0 saturated carbocycles. The Balaban J connectivity index is -0.0000000108. The molecule has 0 bridgehead atoms. The van der Waals surface area contributed by atoms with Gasteiger partial charge in [-0.2, -0.15) is 0 Å². The van der Waals surface area contributed by atoms with Gasteiger partial charge in [0.15, 0.2) is 0 Å². The van der Waals surface area contributed by atoms with Gasteiger partial charge < -0.3 is 53.2 Å². The highest BCUT2D eigenvalue weighted by Crippen LogP contribution is 1.93. The molecule has 3 unspecified atom stereocenters. The first-order chi connectivity index (χ1) is 23.0. The summed E-state index contributed by atoms with van der Waals surface area (Å²) in [4.78, 5) is 0. The smallest absolute Gasteiger partial charge is 0.104 e. The summed E-state index contributed by atoms with van der Waals surface area (Å²) in [5.74, 6) is 0. The summed E-state index contributed by atoms with van der Waals surface area (Å²) in [6, 6.07) is 0. The normalized spacial score (nSPS) is 8.10. The van der Waals surface area contributed by atoms with Crippen molar-refractivity contribution in [2.75, 3.05) is 89.4 Å². The number of aliphatic hydroxyl groups excluding tert-OH is 3. The van der Waals surface area contributed by atoms with Crippen LogP contribution in [0, 0.1) is 0 Å². The van der Waals surface area contributed by atoms with E-state index in [0.29, 0.717) is 39.1 Å². The average molecular weight is 1020 g/mol. The number of ether oxygens (including phenoxy) is 8. The van der Waals surface area contributed by atoms with Gasteiger partial charge in [-0.25, -0.2) is 0 Å². The van der Waals surface area contributed by atoms with E-state index in [-0.39, 0.29) is 158 Å². The summed E-state index contributed by atoms with van der Waals surface area (Å²) in [5, 5.41) is 25.0. The highest BCUT2D eigenvalue weighted by Gasteiger charge is 2.07. The van der Waals surface area contributed by atoms with Gasteiger partial charge in [0, 0.05) is 68.6 Å². The Morgan fingerprint density at radius 1 is 0.328 bits per heavy atom. The largest absolute Gasteiger partial charge is 0.394 e. The number of methoxy groups -OCH3 is 7. The number of hydrogen-bond donors (Lipinski definition) is 3. The van der Waals surface area contributed by atoms with Crippen molar-refractivity contribution in [3.63, 3.8) is 0 Å². The fraction of sp³-hybridized carbons (Fsp3) is 1.00. The average Bonchev–Trinajstić information content (AvgIpc) is 3.02. The molecule has 11 heteroatoms. The summed E-state index contributed by atoms with van der Waals surface area (Å²) in [6.07, 6.45) is 5.68. The first-order valence-corrected chi connectivity index (χ1v) is 18.1. The van der Waals surface area contributed by atoms with E-state index in [1.165, 1.54) is 19.3 Å². The minimum Gasteiger partial charge on any atom is -0.394 e. The molecule has 3 N–H and O–H groups in total.